The Morgan fingerprint density at radius 2 is 1.35 bits per heavy atom. The van der Waals surface area contributed by atoms with Gasteiger partial charge in [0.25, 0.3) is 0 Å². The second-order valence-corrected chi connectivity index (χ2v) is 6.04. The van der Waals surface area contributed by atoms with E-state index in [0.29, 0.717) is 18.8 Å². The second kappa shape index (κ2) is 11.5. The molecule has 0 amide bonds. The summed E-state index contributed by atoms with van der Waals surface area (Å²) >= 11 is 0. The highest BCUT2D eigenvalue weighted by molar-refractivity contribution is 5.51. The van der Waals surface area contributed by atoms with Crippen LogP contribution < -0.4 is 10.1 Å². The van der Waals surface area contributed by atoms with E-state index in [1.807, 2.05) is 62.1 Å². The molecule has 2 aromatic carbocycles. The standard InChI is InChI=1S/C11H17NO2.C9H13NO2/c1-10-2-4-11(5-3-10)12(6-8-13)7-9-14;1-3-8-6-7(2)4-5-9(8)10(11)12/h2-5,13-14H,6-9H2,1H3;4-6,11-12H,3H2,1-2H3. The van der Waals surface area contributed by atoms with Gasteiger partial charge in [-0.15, -0.1) is 5.23 Å². The number of aliphatic hydroxyl groups is 2. The molecule has 0 radical (unpaired) electrons. The Bertz CT molecular complexity index is 639. The predicted octanol–water partition coefficient (Wildman–Crippen LogP) is 2.93. The Kier molecular flexibility index (Phi) is 9.69. The molecular formula is C20H30N2O4. The van der Waals surface area contributed by atoms with Gasteiger partial charge in [-0.05, 0) is 44.0 Å². The molecule has 144 valence electrons. The molecule has 0 atom stereocenters. The number of benzene rings is 2. The molecule has 0 spiro atoms. The summed E-state index contributed by atoms with van der Waals surface area (Å²) in [5.74, 6) is 0. The molecule has 2 rings (SSSR count). The Morgan fingerprint density at radius 1 is 0.808 bits per heavy atom. The minimum absolute atomic E-state index is 0.105. The van der Waals surface area contributed by atoms with Crippen molar-refractivity contribution >= 4 is 11.4 Å². The Morgan fingerprint density at radius 3 is 1.81 bits per heavy atom. The van der Waals surface area contributed by atoms with Crippen molar-refractivity contribution in [1.29, 1.82) is 0 Å². The zero-order chi connectivity index (χ0) is 19.5. The van der Waals surface area contributed by atoms with Crippen molar-refractivity contribution in [3.8, 4) is 0 Å². The Balaban J connectivity index is 0.000000263. The third-order valence-corrected chi connectivity index (χ3v) is 3.97. The maximum absolute atomic E-state index is 8.86. The third kappa shape index (κ3) is 7.01. The molecule has 0 heterocycles. The number of aryl methyl sites for hydroxylation is 3. The zero-order valence-electron chi connectivity index (χ0n) is 15.8. The van der Waals surface area contributed by atoms with Crippen molar-refractivity contribution in [3.05, 3.63) is 59.2 Å². The van der Waals surface area contributed by atoms with Gasteiger partial charge in [0.1, 0.15) is 0 Å². The highest BCUT2D eigenvalue weighted by Gasteiger charge is 2.05. The van der Waals surface area contributed by atoms with Crippen molar-refractivity contribution < 1.29 is 20.6 Å². The van der Waals surface area contributed by atoms with Crippen LogP contribution >= 0.6 is 0 Å². The van der Waals surface area contributed by atoms with Crippen LogP contribution in [0.15, 0.2) is 42.5 Å². The van der Waals surface area contributed by atoms with Gasteiger partial charge >= 0.3 is 0 Å². The zero-order valence-corrected chi connectivity index (χ0v) is 15.8. The lowest BCUT2D eigenvalue weighted by atomic mass is 10.1. The summed E-state index contributed by atoms with van der Waals surface area (Å²) in [5, 5.41) is 35.5. The first kappa shape index (κ1) is 21.9. The predicted molar refractivity (Wildman–Crippen MR) is 104 cm³/mol. The lowest BCUT2D eigenvalue weighted by Crippen LogP contribution is -2.29. The molecule has 4 N–H and O–H groups in total. The fourth-order valence-electron chi connectivity index (χ4n) is 2.56. The van der Waals surface area contributed by atoms with Gasteiger partial charge < -0.3 is 15.1 Å². The molecule has 6 heteroatoms. The van der Waals surface area contributed by atoms with Crippen molar-refractivity contribution in [3.63, 3.8) is 0 Å². The van der Waals surface area contributed by atoms with Crippen molar-refractivity contribution in [2.24, 2.45) is 0 Å². The largest absolute Gasteiger partial charge is 0.395 e. The topological polar surface area (TPSA) is 87.4 Å². The number of aliphatic hydroxyl groups excluding tert-OH is 2. The summed E-state index contributed by atoms with van der Waals surface area (Å²) < 4.78 is 0. The van der Waals surface area contributed by atoms with Crippen molar-refractivity contribution in [1.82, 2.24) is 0 Å². The van der Waals surface area contributed by atoms with E-state index < -0.39 is 0 Å². The van der Waals surface area contributed by atoms with Crippen molar-refractivity contribution in [2.75, 3.05) is 36.4 Å². The SMILES string of the molecule is CCc1cc(C)ccc1N(O)O.Cc1ccc(N(CCO)CCO)cc1. The minimum atomic E-state index is 0.105. The summed E-state index contributed by atoms with van der Waals surface area (Å²) in [6, 6.07) is 13.5. The second-order valence-electron chi connectivity index (χ2n) is 6.04. The molecule has 2 aromatic rings. The molecule has 26 heavy (non-hydrogen) atoms. The maximum Gasteiger partial charge on any atom is 0.0974 e. The molecular weight excluding hydrogens is 332 g/mol. The molecule has 0 aliphatic carbocycles. The normalized spacial score (nSPS) is 10.1. The highest BCUT2D eigenvalue weighted by atomic mass is 16.8. The average molecular weight is 362 g/mol. The monoisotopic (exact) mass is 362 g/mol. The third-order valence-electron chi connectivity index (χ3n) is 3.97. The van der Waals surface area contributed by atoms with Gasteiger partial charge in [-0.3, -0.25) is 10.4 Å². The van der Waals surface area contributed by atoms with Gasteiger partial charge in [-0.25, -0.2) is 0 Å². The molecule has 0 aliphatic rings. The van der Waals surface area contributed by atoms with E-state index in [2.05, 4.69) is 0 Å². The fraction of sp³-hybridized carbons (Fsp3) is 0.400. The van der Waals surface area contributed by atoms with Crippen LogP contribution in [-0.2, 0) is 6.42 Å². The van der Waals surface area contributed by atoms with Gasteiger partial charge in [0.2, 0.25) is 0 Å². The van der Waals surface area contributed by atoms with E-state index in [-0.39, 0.29) is 18.4 Å². The summed E-state index contributed by atoms with van der Waals surface area (Å²) in [4.78, 5) is 1.96. The van der Waals surface area contributed by atoms with Gasteiger partial charge in [0, 0.05) is 18.8 Å². The van der Waals surface area contributed by atoms with Crippen molar-refractivity contribution in [2.45, 2.75) is 27.2 Å². The first-order chi connectivity index (χ1) is 12.4. The Labute approximate surface area is 155 Å². The molecule has 0 aromatic heterocycles. The lowest BCUT2D eigenvalue weighted by Gasteiger charge is -2.22. The number of hydrogen-bond acceptors (Lipinski definition) is 6. The fourth-order valence-corrected chi connectivity index (χ4v) is 2.56. The lowest BCUT2D eigenvalue weighted by molar-refractivity contribution is 0.0287. The van der Waals surface area contributed by atoms with E-state index in [9.17, 15) is 0 Å². The van der Waals surface area contributed by atoms with Crippen LogP contribution in [0.3, 0.4) is 0 Å². The molecule has 0 saturated heterocycles. The van der Waals surface area contributed by atoms with Gasteiger partial charge in [-0.1, -0.05) is 42.3 Å². The molecule has 0 saturated carbocycles. The van der Waals surface area contributed by atoms with Crippen LogP contribution in [-0.4, -0.2) is 46.9 Å². The highest BCUT2D eigenvalue weighted by Crippen LogP contribution is 2.19. The summed E-state index contributed by atoms with van der Waals surface area (Å²) in [6.45, 7) is 7.31. The molecule has 0 bridgehead atoms. The van der Waals surface area contributed by atoms with Gasteiger partial charge in [0.05, 0.1) is 18.9 Å². The number of hydrogen-bond donors (Lipinski definition) is 4. The first-order valence-corrected chi connectivity index (χ1v) is 8.73. The minimum Gasteiger partial charge on any atom is -0.395 e. The molecule has 0 fully saturated rings. The van der Waals surface area contributed by atoms with Gasteiger partial charge in [-0.2, -0.15) is 0 Å². The maximum atomic E-state index is 8.86. The van der Waals surface area contributed by atoms with E-state index >= 15 is 0 Å². The van der Waals surface area contributed by atoms with E-state index in [0.717, 1.165) is 23.2 Å². The smallest absolute Gasteiger partial charge is 0.0974 e. The van der Waals surface area contributed by atoms with Crippen LogP contribution in [0.2, 0.25) is 0 Å². The molecule has 0 aliphatic heterocycles. The van der Waals surface area contributed by atoms with Crippen LogP contribution in [0.25, 0.3) is 0 Å². The van der Waals surface area contributed by atoms with Crippen LogP contribution in [0.1, 0.15) is 23.6 Å². The number of rotatable bonds is 7. The van der Waals surface area contributed by atoms with Gasteiger partial charge in [0.15, 0.2) is 0 Å². The Hall–Kier alpha value is -2.12. The molecule has 6 nitrogen and oxygen atoms in total. The van der Waals surface area contributed by atoms with Crippen LogP contribution in [0, 0.1) is 13.8 Å². The van der Waals surface area contributed by atoms with Crippen LogP contribution in [0.5, 0.6) is 0 Å². The average Bonchev–Trinajstić information content (AvgIpc) is 2.62. The first-order valence-electron chi connectivity index (χ1n) is 8.73. The quantitative estimate of drug-likeness (QED) is 0.567. The molecule has 0 unspecified atom stereocenters. The van der Waals surface area contributed by atoms with E-state index in [4.69, 9.17) is 20.6 Å². The van der Waals surface area contributed by atoms with E-state index in [1.165, 1.54) is 5.56 Å². The summed E-state index contributed by atoms with van der Waals surface area (Å²) in [5.41, 5.74) is 4.75. The van der Waals surface area contributed by atoms with Crippen LogP contribution in [0.4, 0.5) is 11.4 Å². The number of anilines is 2. The summed E-state index contributed by atoms with van der Waals surface area (Å²) in [7, 11) is 0. The van der Waals surface area contributed by atoms with E-state index in [1.54, 1.807) is 6.07 Å². The number of nitrogens with zero attached hydrogens (tertiary/aromatic N) is 2. The summed E-state index contributed by atoms with van der Waals surface area (Å²) in [6.07, 6.45) is 0.786.